The van der Waals surface area contributed by atoms with E-state index < -0.39 is 23.2 Å². The number of Topliss-reactive ketones (excluding diaryl/α,β-unsaturated/α-hetero) is 1. The minimum absolute atomic E-state index is 0.200. The molecule has 170 valence electrons. The maximum Gasteiger partial charge on any atom is 0.411 e. The number of hydrogen-bond donors (Lipinski definition) is 1. The second-order valence-electron chi connectivity index (χ2n) is 9.26. The van der Waals surface area contributed by atoms with E-state index in [1.54, 1.807) is 39.8 Å². The van der Waals surface area contributed by atoms with Crippen LogP contribution in [0, 0.1) is 0 Å². The summed E-state index contributed by atoms with van der Waals surface area (Å²) in [7, 11) is 0. The number of rotatable bonds is 5. The van der Waals surface area contributed by atoms with Crippen molar-refractivity contribution < 1.29 is 24.2 Å². The minimum Gasteiger partial charge on any atom is -0.479 e. The minimum atomic E-state index is -1.62. The number of likely N-dealkylation sites (tertiary alicyclic amines) is 1. The Hall–Kier alpha value is -2.67. The predicted octanol–water partition coefficient (Wildman–Crippen LogP) is 5.93. The number of carbonyl (C=O) groups is 3. The highest BCUT2D eigenvalue weighted by Gasteiger charge is 2.55. The molecule has 2 aromatic rings. The van der Waals surface area contributed by atoms with Crippen molar-refractivity contribution >= 4 is 33.8 Å². The summed E-state index contributed by atoms with van der Waals surface area (Å²) in [4.78, 5) is 39.6. The van der Waals surface area contributed by atoms with Crippen LogP contribution in [0.4, 0.5) is 4.79 Å². The summed E-state index contributed by atoms with van der Waals surface area (Å²) in [5.41, 5.74) is -0.0170. The van der Waals surface area contributed by atoms with Gasteiger partial charge in [0.25, 0.3) is 0 Å². The summed E-state index contributed by atoms with van der Waals surface area (Å²) < 4.78 is 6.45. The zero-order valence-electron chi connectivity index (χ0n) is 18.7. The van der Waals surface area contributed by atoms with Gasteiger partial charge in [0.05, 0.1) is 0 Å². The Morgan fingerprint density at radius 1 is 1.06 bits per heavy atom. The van der Waals surface area contributed by atoms with Gasteiger partial charge in [-0.1, -0.05) is 52.3 Å². The van der Waals surface area contributed by atoms with E-state index in [0.29, 0.717) is 12.0 Å². The number of nitrogens with zero attached hydrogens (tertiary/aromatic N) is 1. The van der Waals surface area contributed by atoms with Crippen molar-refractivity contribution in [2.75, 3.05) is 0 Å². The zero-order valence-corrected chi connectivity index (χ0v) is 20.3. The molecule has 7 heteroatoms. The monoisotopic (exact) mass is 501 g/mol. The molecule has 2 aromatic carbocycles. The van der Waals surface area contributed by atoms with E-state index in [1.807, 2.05) is 36.4 Å². The number of ketones is 1. The lowest BCUT2D eigenvalue weighted by atomic mass is 9.87. The lowest BCUT2D eigenvalue weighted by Gasteiger charge is -2.37. The standard InChI is InChI=1S/C25H28BrNO5/c1-16-13-14-25(22(29)30,27(16)23(31)32-24(2,3)4)15-21(28)19-7-5-17(6-8-19)18-9-11-20(26)12-10-18/h5-12,16H,13-15H2,1-4H3,(H,29,30)/t16-,25+/m0/s1. The van der Waals surface area contributed by atoms with Gasteiger partial charge in [0.2, 0.25) is 0 Å². The summed E-state index contributed by atoms with van der Waals surface area (Å²) in [6.45, 7) is 6.97. The number of carbonyl (C=O) groups excluding carboxylic acids is 2. The molecule has 0 spiro atoms. The summed E-state index contributed by atoms with van der Waals surface area (Å²) in [6, 6.07) is 14.6. The molecular formula is C25H28BrNO5. The van der Waals surface area contributed by atoms with Crippen molar-refractivity contribution in [1.29, 1.82) is 0 Å². The van der Waals surface area contributed by atoms with Crippen molar-refractivity contribution in [2.24, 2.45) is 0 Å². The zero-order chi connectivity index (χ0) is 23.7. The quantitative estimate of drug-likeness (QED) is 0.513. The average molecular weight is 502 g/mol. The van der Waals surface area contributed by atoms with E-state index in [4.69, 9.17) is 4.74 Å². The molecule has 1 heterocycles. The highest BCUT2D eigenvalue weighted by Crippen LogP contribution is 2.39. The molecule has 32 heavy (non-hydrogen) atoms. The smallest absolute Gasteiger partial charge is 0.411 e. The molecule has 1 saturated heterocycles. The Morgan fingerprint density at radius 3 is 2.09 bits per heavy atom. The summed E-state index contributed by atoms with van der Waals surface area (Å²) in [5.74, 6) is -1.51. The summed E-state index contributed by atoms with van der Waals surface area (Å²) >= 11 is 3.41. The lowest BCUT2D eigenvalue weighted by Crippen LogP contribution is -2.57. The predicted molar refractivity (Wildman–Crippen MR) is 126 cm³/mol. The molecule has 0 bridgehead atoms. The number of aliphatic carboxylic acids is 1. The highest BCUT2D eigenvalue weighted by atomic mass is 79.9. The van der Waals surface area contributed by atoms with Crippen LogP contribution in [0.5, 0.6) is 0 Å². The summed E-state index contributed by atoms with van der Waals surface area (Å²) in [5, 5.41) is 10.1. The highest BCUT2D eigenvalue weighted by molar-refractivity contribution is 9.10. The van der Waals surface area contributed by atoms with E-state index in [2.05, 4.69) is 15.9 Å². The van der Waals surface area contributed by atoms with Crippen LogP contribution in [-0.4, -0.2) is 45.0 Å². The third-order valence-electron chi connectivity index (χ3n) is 5.70. The normalized spacial score (nSPS) is 20.8. The number of ether oxygens (including phenoxy) is 1. The molecular weight excluding hydrogens is 474 g/mol. The van der Waals surface area contributed by atoms with Gasteiger partial charge >= 0.3 is 12.1 Å². The second kappa shape index (κ2) is 9.06. The number of carboxylic acid groups (broad SMARTS) is 1. The molecule has 0 aliphatic carbocycles. The number of amides is 1. The van der Waals surface area contributed by atoms with Gasteiger partial charge in [0, 0.05) is 22.5 Å². The van der Waals surface area contributed by atoms with Crippen LogP contribution < -0.4 is 0 Å². The first-order valence-corrected chi connectivity index (χ1v) is 11.4. The van der Waals surface area contributed by atoms with Gasteiger partial charge in [-0.05, 0) is 63.8 Å². The molecule has 0 radical (unpaired) electrons. The van der Waals surface area contributed by atoms with Crippen molar-refractivity contribution in [3.63, 3.8) is 0 Å². The van der Waals surface area contributed by atoms with Crippen LogP contribution in [-0.2, 0) is 9.53 Å². The van der Waals surface area contributed by atoms with Crippen LogP contribution in [0.2, 0.25) is 0 Å². The van der Waals surface area contributed by atoms with Gasteiger partial charge in [0.1, 0.15) is 5.60 Å². The van der Waals surface area contributed by atoms with Gasteiger partial charge < -0.3 is 9.84 Å². The van der Waals surface area contributed by atoms with Gasteiger partial charge in [-0.3, -0.25) is 9.69 Å². The number of carboxylic acids is 1. The first-order valence-electron chi connectivity index (χ1n) is 10.6. The Bertz CT molecular complexity index is 1010. The van der Waals surface area contributed by atoms with Crippen LogP contribution >= 0.6 is 15.9 Å². The third kappa shape index (κ3) is 5.04. The maximum atomic E-state index is 13.1. The number of hydrogen-bond acceptors (Lipinski definition) is 4. The topological polar surface area (TPSA) is 83.9 Å². The molecule has 1 amide bonds. The van der Waals surface area contributed by atoms with Crippen molar-refractivity contribution in [3.05, 3.63) is 58.6 Å². The van der Waals surface area contributed by atoms with Crippen LogP contribution in [0.1, 0.15) is 57.3 Å². The van der Waals surface area contributed by atoms with Gasteiger partial charge in [-0.25, -0.2) is 9.59 Å². The van der Waals surface area contributed by atoms with Crippen LogP contribution in [0.15, 0.2) is 53.0 Å². The molecule has 6 nitrogen and oxygen atoms in total. The number of benzene rings is 2. The van der Waals surface area contributed by atoms with Crippen LogP contribution in [0.3, 0.4) is 0 Å². The Balaban J connectivity index is 1.85. The Kier molecular flexibility index (Phi) is 6.79. The fourth-order valence-corrected chi connectivity index (χ4v) is 4.37. The first kappa shape index (κ1) is 24.0. The molecule has 1 aliphatic heterocycles. The Morgan fingerprint density at radius 2 is 1.59 bits per heavy atom. The van der Waals surface area contributed by atoms with E-state index in [-0.39, 0.29) is 24.7 Å². The van der Waals surface area contributed by atoms with Crippen molar-refractivity contribution in [2.45, 2.75) is 64.1 Å². The Labute approximate surface area is 196 Å². The molecule has 1 aliphatic rings. The molecule has 3 rings (SSSR count). The molecule has 2 atom stereocenters. The lowest BCUT2D eigenvalue weighted by molar-refractivity contribution is -0.150. The summed E-state index contributed by atoms with van der Waals surface area (Å²) in [6.07, 6.45) is -0.320. The van der Waals surface area contributed by atoms with Crippen molar-refractivity contribution in [3.8, 4) is 11.1 Å². The fraction of sp³-hybridized carbons (Fsp3) is 0.400. The molecule has 1 fully saturated rings. The SMILES string of the molecule is C[C@H]1CC[C@@](CC(=O)c2ccc(-c3ccc(Br)cc3)cc2)(C(=O)O)N1C(=O)OC(C)(C)C. The van der Waals surface area contributed by atoms with Gasteiger partial charge in [0.15, 0.2) is 11.3 Å². The van der Waals surface area contributed by atoms with Crippen molar-refractivity contribution in [1.82, 2.24) is 4.90 Å². The second-order valence-corrected chi connectivity index (χ2v) is 10.2. The molecule has 1 N–H and O–H groups in total. The van der Waals surface area contributed by atoms with Gasteiger partial charge in [-0.15, -0.1) is 0 Å². The van der Waals surface area contributed by atoms with Crippen LogP contribution in [0.25, 0.3) is 11.1 Å². The largest absolute Gasteiger partial charge is 0.479 e. The number of halogens is 1. The molecule has 0 aromatic heterocycles. The molecule has 0 unspecified atom stereocenters. The van der Waals surface area contributed by atoms with E-state index in [0.717, 1.165) is 15.6 Å². The maximum absolute atomic E-state index is 13.1. The van der Waals surface area contributed by atoms with E-state index in [9.17, 15) is 19.5 Å². The van der Waals surface area contributed by atoms with E-state index in [1.165, 1.54) is 4.90 Å². The molecule has 0 saturated carbocycles. The van der Waals surface area contributed by atoms with Gasteiger partial charge in [-0.2, -0.15) is 0 Å². The fourth-order valence-electron chi connectivity index (χ4n) is 4.10. The van der Waals surface area contributed by atoms with E-state index >= 15 is 0 Å². The average Bonchev–Trinajstić information content (AvgIpc) is 3.05. The third-order valence-corrected chi connectivity index (χ3v) is 6.23. The first-order chi connectivity index (χ1) is 14.9.